The topological polar surface area (TPSA) is 135 Å². The molecule has 0 aromatic heterocycles. The Hall–Kier alpha value is -5.44. The van der Waals surface area contributed by atoms with Crippen LogP contribution in [0.15, 0.2) is 122 Å². The number of phenols is 3. The van der Waals surface area contributed by atoms with Crippen LogP contribution in [-0.2, 0) is 17.1 Å². The van der Waals surface area contributed by atoms with E-state index in [1.807, 2.05) is 82.3 Å². The van der Waals surface area contributed by atoms with Gasteiger partial charge in [0.05, 0.1) is 17.1 Å². The summed E-state index contributed by atoms with van der Waals surface area (Å²) in [6.07, 6.45) is 0. The van der Waals surface area contributed by atoms with E-state index in [9.17, 15) is 15.3 Å². The summed E-state index contributed by atoms with van der Waals surface area (Å²) < 4.78 is 0. The summed E-state index contributed by atoms with van der Waals surface area (Å²) in [5, 5.41) is 61.3. The fourth-order valence-electron chi connectivity index (χ4n) is 5.23. The average molecular weight is 658 g/mol. The minimum Gasteiger partial charge on any atom is -0.506 e. The van der Waals surface area contributed by atoms with Crippen LogP contribution < -0.4 is 0 Å². The van der Waals surface area contributed by atoms with Gasteiger partial charge in [-0.15, -0.1) is 15.3 Å². The maximum atomic E-state index is 11.2. The molecule has 0 amide bonds. The monoisotopic (exact) mass is 657 g/mol. The zero-order chi connectivity index (χ0) is 31.7. The Morgan fingerprint density at radius 1 is 0.457 bits per heavy atom. The van der Waals surface area contributed by atoms with Gasteiger partial charge in [-0.2, -0.15) is 15.3 Å². The molecule has 3 N–H and O–H groups in total. The first-order chi connectivity index (χ1) is 21.7. The third-order valence-electron chi connectivity index (χ3n) is 7.42. The van der Waals surface area contributed by atoms with Gasteiger partial charge >= 0.3 is 0 Å². The van der Waals surface area contributed by atoms with Crippen LogP contribution in [0.25, 0.3) is 21.5 Å². The van der Waals surface area contributed by atoms with Gasteiger partial charge in [-0.05, 0) is 109 Å². The van der Waals surface area contributed by atoms with Crippen molar-refractivity contribution in [1.29, 1.82) is 0 Å². The molecule has 0 unspecified atom stereocenters. The van der Waals surface area contributed by atoms with Crippen molar-refractivity contribution in [2.45, 2.75) is 27.7 Å². The number of rotatable bonds is 6. The zero-order valence-corrected chi connectivity index (χ0v) is 26.4. The molecular formula is C36H30CuN6O3. The summed E-state index contributed by atoms with van der Waals surface area (Å²) >= 11 is 0. The van der Waals surface area contributed by atoms with Gasteiger partial charge in [0.15, 0.2) is 5.75 Å². The van der Waals surface area contributed by atoms with Crippen molar-refractivity contribution in [2.24, 2.45) is 30.7 Å². The fourth-order valence-corrected chi connectivity index (χ4v) is 5.23. The van der Waals surface area contributed by atoms with Crippen LogP contribution in [0.5, 0.6) is 17.2 Å². The minimum absolute atomic E-state index is 0. The van der Waals surface area contributed by atoms with Crippen LogP contribution in [0, 0.1) is 27.7 Å². The number of benzene rings is 6. The Bertz CT molecular complexity index is 2190. The molecule has 46 heavy (non-hydrogen) atoms. The van der Waals surface area contributed by atoms with Crippen molar-refractivity contribution in [3.63, 3.8) is 0 Å². The molecule has 0 bridgehead atoms. The Morgan fingerprint density at radius 2 is 1.07 bits per heavy atom. The molecule has 10 heteroatoms. The molecule has 0 aliphatic rings. The molecular weight excluding hydrogens is 628 g/mol. The predicted octanol–water partition coefficient (Wildman–Crippen LogP) is 11.6. The van der Waals surface area contributed by atoms with E-state index < -0.39 is 0 Å². The number of phenolic OH excluding ortho intramolecular Hbond substituents is 3. The standard InChI is InChI=1S/C36H30N6O3.Cu/c1-20-13-21(2)15-28(14-20)39-37-27-11-12-31(32(43)19-27)40-41-33-22(3)16-25-9-10-26(18-30(25)36(33)45)38-42-34-29-8-6-5-7-24(29)17-23(4)35(34)44;/h5-19,43-45H,1-4H3;. The van der Waals surface area contributed by atoms with Gasteiger partial charge in [0.25, 0.3) is 0 Å². The zero-order valence-electron chi connectivity index (χ0n) is 25.5. The number of hydrogen-bond acceptors (Lipinski definition) is 9. The van der Waals surface area contributed by atoms with E-state index in [-0.39, 0.29) is 45.7 Å². The van der Waals surface area contributed by atoms with Gasteiger partial charge in [-0.25, -0.2) is 0 Å². The van der Waals surface area contributed by atoms with E-state index in [0.717, 1.165) is 33.0 Å². The van der Waals surface area contributed by atoms with Crippen molar-refractivity contribution in [3.8, 4) is 17.2 Å². The van der Waals surface area contributed by atoms with Crippen molar-refractivity contribution < 1.29 is 32.4 Å². The number of fused-ring (bicyclic) bond motifs is 2. The first-order valence-electron chi connectivity index (χ1n) is 14.3. The second kappa shape index (κ2) is 13.3. The summed E-state index contributed by atoms with van der Waals surface area (Å²) in [5.41, 5.74) is 6.11. The van der Waals surface area contributed by atoms with Crippen LogP contribution in [0.3, 0.4) is 0 Å². The van der Waals surface area contributed by atoms with Crippen LogP contribution in [0.4, 0.5) is 34.1 Å². The molecule has 0 saturated carbocycles. The van der Waals surface area contributed by atoms with Crippen molar-refractivity contribution in [3.05, 3.63) is 113 Å². The normalized spacial score (nSPS) is 11.7. The summed E-state index contributed by atoms with van der Waals surface area (Å²) in [6, 6.07) is 27.4. The first kappa shape index (κ1) is 32.0. The Balaban J connectivity index is 0.00000417. The SMILES string of the molecule is Cc1cc(C)cc(N=Nc2ccc(N=Nc3c(C)cc4ccc(N=Nc5c(O)c(C)cc6ccccc56)cc4c3O)c(O)c2)c1.[Cu]. The maximum absolute atomic E-state index is 11.2. The van der Waals surface area contributed by atoms with Crippen molar-refractivity contribution in [2.75, 3.05) is 0 Å². The second-order valence-corrected chi connectivity index (χ2v) is 11.0. The van der Waals surface area contributed by atoms with Gasteiger partial charge < -0.3 is 15.3 Å². The number of azo groups is 3. The van der Waals surface area contributed by atoms with Crippen LogP contribution in [0.2, 0.25) is 0 Å². The predicted molar refractivity (Wildman–Crippen MR) is 177 cm³/mol. The van der Waals surface area contributed by atoms with Gasteiger partial charge in [0, 0.05) is 33.9 Å². The number of hydrogen-bond donors (Lipinski definition) is 3. The average Bonchev–Trinajstić information content (AvgIpc) is 3.00. The summed E-state index contributed by atoms with van der Waals surface area (Å²) in [5.74, 6) is -0.128. The van der Waals surface area contributed by atoms with E-state index in [1.54, 1.807) is 24.3 Å². The molecule has 0 spiro atoms. The first-order valence-corrected chi connectivity index (χ1v) is 14.3. The Labute approximate surface area is 276 Å². The molecule has 0 heterocycles. The Kier molecular flexibility index (Phi) is 9.23. The number of aryl methyl sites for hydroxylation is 4. The molecule has 0 aliphatic carbocycles. The van der Waals surface area contributed by atoms with E-state index in [1.165, 1.54) is 6.07 Å². The fraction of sp³-hybridized carbons (Fsp3) is 0.111. The van der Waals surface area contributed by atoms with Gasteiger partial charge in [-0.3, -0.25) is 0 Å². The molecule has 6 aromatic rings. The van der Waals surface area contributed by atoms with Crippen molar-refractivity contribution >= 4 is 55.7 Å². The third-order valence-corrected chi connectivity index (χ3v) is 7.42. The molecule has 0 atom stereocenters. The molecule has 0 aliphatic heterocycles. The summed E-state index contributed by atoms with van der Waals surface area (Å²) in [6.45, 7) is 7.64. The minimum atomic E-state index is -0.122. The van der Waals surface area contributed by atoms with Gasteiger partial charge in [0.2, 0.25) is 0 Å². The van der Waals surface area contributed by atoms with E-state index in [0.29, 0.717) is 33.6 Å². The Morgan fingerprint density at radius 3 is 1.83 bits per heavy atom. The second-order valence-electron chi connectivity index (χ2n) is 11.0. The molecule has 9 nitrogen and oxygen atoms in total. The molecule has 6 rings (SSSR count). The number of nitrogens with zero attached hydrogens (tertiary/aromatic N) is 6. The molecule has 0 fully saturated rings. The smallest absolute Gasteiger partial charge is 0.151 e. The summed E-state index contributed by atoms with van der Waals surface area (Å²) in [4.78, 5) is 0. The molecule has 1 radical (unpaired) electrons. The maximum Gasteiger partial charge on any atom is 0.151 e. The van der Waals surface area contributed by atoms with E-state index >= 15 is 0 Å². The van der Waals surface area contributed by atoms with Gasteiger partial charge in [-0.1, -0.05) is 36.4 Å². The third kappa shape index (κ3) is 6.63. The quantitative estimate of drug-likeness (QED) is 0.121. The van der Waals surface area contributed by atoms with E-state index in [4.69, 9.17) is 0 Å². The molecule has 233 valence electrons. The largest absolute Gasteiger partial charge is 0.506 e. The van der Waals surface area contributed by atoms with Crippen LogP contribution >= 0.6 is 0 Å². The summed E-state index contributed by atoms with van der Waals surface area (Å²) in [7, 11) is 0. The molecule has 0 saturated heterocycles. The molecule has 6 aromatic carbocycles. The van der Waals surface area contributed by atoms with Crippen molar-refractivity contribution in [1.82, 2.24) is 0 Å². The van der Waals surface area contributed by atoms with E-state index in [2.05, 4.69) is 36.8 Å². The van der Waals surface area contributed by atoms with Crippen LogP contribution in [0.1, 0.15) is 22.3 Å². The number of aromatic hydroxyl groups is 3. The van der Waals surface area contributed by atoms with Gasteiger partial charge in [0.1, 0.15) is 28.6 Å². The van der Waals surface area contributed by atoms with Crippen LogP contribution in [-0.4, -0.2) is 15.3 Å².